The van der Waals surface area contributed by atoms with Gasteiger partial charge in [0.05, 0.1) is 16.2 Å². The molecule has 1 amide bonds. The molecule has 0 radical (unpaired) electrons. The lowest BCUT2D eigenvalue weighted by molar-refractivity contribution is -0.384. The number of carbonyl (C=O) groups is 2. The fourth-order valence-corrected chi connectivity index (χ4v) is 2.33. The lowest BCUT2D eigenvalue weighted by Gasteiger charge is -2.29. The first-order valence-corrected chi connectivity index (χ1v) is 6.79. The molecule has 0 atom stereocenters. The Kier molecular flexibility index (Phi) is 4.25. The third kappa shape index (κ3) is 2.98. The molecule has 1 aliphatic rings. The van der Waals surface area contributed by atoms with E-state index in [1.807, 2.05) is 0 Å². The van der Waals surface area contributed by atoms with Gasteiger partial charge in [0.15, 0.2) is 5.78 Å². The highest BCUT2D eigenvalue weighted by Crippen LogP contribution is 2.29. The molecule has 1 heterocycles. The van der Waals surface area contributed by atoms with E-state index in [0.29, 0.717) is 5.69 Å². The number of piperidine rings is 1. The van der Waals surface area contributed by atoms with Crippen molar-refractivity contribution in [2.24, 2.45) is 0 Å². The van der Waals surface area contributed by atoms with Gasteiger partial charge in [0.25, 0.3) is 11.6 Å². The molecule has 0 bridgehead atoms. The zero-order valence-electron chi connectivity index (χ0n) is 12.7. The van der Waals surface area contributed by atoms with Crippen LogP contribution in [0.3, 0.4) is 0 Å². The summed E-state index contributed by atoms with van der Waals surface area (Å²) in [5.41, 5.74) is 1.24. The van der Waals surface area contributed by atoms with Crippen molar-refractivity contribution in [3.63, 3.8) is 0 Å². The van der Waals surface area contributed by atoms with E-state index in [0.717, 1.165) is 5.56 Å². The van der Waals surface area contributed by atoms with Gasteiger partial charge in [0.2, 0.25) is 0 Å². The van der Waals surface area contributed by atoms with E-state index in [9.17, 15) is 19.7 Å². The van der Waals surface area contributed by atoms with E-state index in [4.69, 9.17) is 0 Å². The number of rotatable bonds is 3. The minimum absolute atomic E-state index is 0.0801. The molecule has 2 rings (SSSR count). The van der Waals surface area contributed by atoms with Crippen LogP contribution in [0.5, 0.6) is 0 Å². The Morgan fingerprint density at radius 2 is 2.00 bits per heavy atom. The SMILES string of the molecule is Cc1ccc([N+](=O)[O-])cc1N1CCC(=O)/C(=C/N(C)C)C1=O. The van der Waals surface area contributed by atoms with Crippen LogP contribution in [0.15, 0.2) is 30.0 Å². The zero-order valence-corrected chi connectivity index (χ0v) is 12.7. The quantitative estimate of drug-likeness (QED) is 0.367. The highest BCUT2D eigenvalue weighted by molar-refractivity contribution is 6.26. The van der Waals surface area contributed by atoms with Gasteiger partial charge in [0.1, 0.15) is 0 Å². The van der Waals surface area contributed by atoms with Crippen molar-refractivity contribution >= 4 is 23.1 Å². The van der Waals surface area contributed by atoms with Crippen LogP contribution in [0.2, 0.25) is 0 Å². The van der Waals surface area contributed by atoms with E-state index in [1.165, 1.54) is 23.2 Å². The highest BCUT2D eigenvalue weighted by Gasteiger charge is 2.32. The normalized spacial score (nSPS) is 17.0. The molecule has 1 aromatic carbocycles. The summed E-state index contributed by atoms with van der Waals surface area (Å²) in [5, 5.41) is 10.9. The second kappa shape index (κ2) is 5.97. The van der Waals surface area contributed by atoms with Gasteiger partial charge in [-0.1, -0.05) is 6.07 Å². The molecule has 7 heteroatoms. The molecule has 0 N–H and O–H groups in total. The van der Waals surface area contributed by atoms with Crippen molar-refractivity contribution in [3.8, 4) is 0 Å². The molecule has 0 spiro atoms. The molecule has 1 fully saturated rings. The summed E-state index contributed by atoms with van der Waals surface area (Å²) >= 11 is 0. The maximum atomic E-state index is 12.5. The van der Waals surface area contributed by atoms with Crippen LogP contribution in [0.4, 0.5) is 11.4 Å². The number of hydrogen-bond donors (Lipinski definition) is 0. The van der Waals surface area contributed by atoms with E-state index >= 15 is 0 Å². The van der Waals surface area contributed by atoms with Crippen molar-refractivity contribution in [2.75, 3.05) is 25.5 Å². The van der Waals surface area contributed by atoms with E-state index in [1.54, 1.807) is 32.0 Å². The summed E-state index contributed by atoms with van der Waals surface area (Å²) < 4.78 is 0. The fraction of sp³-hybridized carbons (Fsp3) is 0.333. The lowest BCUT2D eigenvalue weighted by Crippen LogP contribution is -2.42. The van der Waals surface area contributed by atoms with Crippen LogP contribution < -0.4 is 4.90 Å². The lowest BCUT2D eigenvalue weighted by atomic mass is 10.0. The molecule has 22 heavy (non-hydrogen) atoms. The van der Waals surface area contributed by atoms with Gasteiger partial charge in [-0.15, -0.1) is 0 Å². The largest absolute Gasteiger partial charge is 0.383 e. The van der Waals surface area contributed by atoms with Crippen molar-refractivity contribution in [3.05, 3.63) is 45.6 Å². The minimum atomic E-state index is -0.501. The third-order valence-corrected chi connectivity index (χ3v) is 3.42. The number of amides is 1. The van der Waals surface area contributed by atoms with Gasteiger partial charge in [-0.2, -0.15) is 0 Å². The number of non-ortho nitro benzene ring substituents is 1. The molecule has 1 saturated heterocycles. The summed E-state index contributed by atoms with van der Waals surface area (Å²) in [6.07, 6.45) is 1.69. The van der Waals surface area contributed by atoms with Crippen molar-refractivity contribution < 1.29 is 14.5 Å². The Morgan fingerprint density at radius 3 is 2.59 bits per heavy atom. The van der Waals surface area contributed by atoms with Crippen LogP contribution in [0, 0.1) is 17.0 Å². The Labute approximate surface area is 128 Å². The van der Waals surface area contributed by atoms with E-state index < -0.39 is 10.8 Å². The second-order valence-corrected chi connectivity index (χ2v) is 5.36. The maximum Gasteiger partial charge on any atom is 0.271 e. The predicted octanol–water partition coefficient (Wildman–Crippen LogP) is 1.65. The summed E-state index contributed by atoms with van der Waals surface area (Å²) in [4.78, 5) is 38.0. The smallest absolute Gasteiger partial charge is 0.271 e. The maximum absolute atomic E-state index is 12.5. The first-order chi connectivity index (χ1) is 10.3. The standard InChI is InChI=1S/C15H17N3O4/c1-10-4-5-11(18(21)22)8-13(10)17-7-6-14(19)12(15(17)20)9-16(2)3/h4-5,8-9H,6-7H2,1-3H3/b12-9-. The van der Waals surface area contributed by atoms with Crippen LogP contribution in [-0.2, 0) is 9.59 Å². The molecule has 0 aromatic heterocycles. The number of hydrogen-bond acceptors (Lipinski definition) is 5. The minimum Gasteiger partial charge on any atom is -0.383 e. The predicted molar refractivity (Wildman–Crippen MR) is 81.6 cm³/mol. The second-order valence-electron chi connectivity index (χ2n) is 5.36. The van der Waals surface area contributed by atoms with Crippen LogP contribution in [0.25, 0.3) is 0 Å². The number of Topliss-reactive ketones (excluding diaryl/α,β-unsaturated/α-hetero) is 1. The zero-order chi connectivity index (χ0) is 16.4. The molecular weight excluding hydrogens is 286 g/mol. The van der Waals surface area contributed by atoms with Crippen LogP contribution in [-0.4, -0.2) is 42.2 Å². The third-order valence-electron chi connectivity index (χ3n) is 3.42. The number of nitro benzene ring substituents is 1. The monoisotopic (exact) mass is 303 g/mol. The van der Waals surface area contributed by atoms with Crippen LogP contribution in [0.1, 0.15) is 12.0 Å². The van der Waals surface area contributed by atoms with Gasteiger partial charge >= 0.3 is 0 Å². The number of benzene rings is 1. The Hall–Kier alpha value is -2.70. The molecule has 1 aliphatic heterocycles. The number of carbonyl (C=O) groups excluding carboxylic acids is 2. The molecule has 0 saturated carbocycles. The van der Waals surface area contributed by atoms with Crippen molar-refractivity contribution in [1.82, 2.24) is 4.90 Å². The summed E-state index contributed by atoms with van der Waals surface area (Å²) in [7, 11) is 3.45. The van der Waals surface area contributed by atoms with Gasteiger partial charge < -0.3 is 9.80 Å². The molecule has 0 unspecified atom stereocenters. The Balaban J connectivity index is 2.45. The number of anilines is 1. The molecule has 116 valence electrons. The highest BCUT2D eigenvalue weighted by atomic mass is 16.6. The Morgan fingerprint density at radius 1 is 1.32 bits per heavy atom. The first-order valence-electron chi connectivity index (χ1n) is 6.79. The topological polar surface area (TPSA) is 83.8 Å². The van der Waals surface area contributed by atoms with Gasteiger partial charge in [0, 0.05) is 45.4 Å². The molecule has 0 aliphatic carbocycles. The number of ketones is 1. The number of nitro groups is 1. The molecule has 1 aromatic rings. The average molecular weight is 303 g/mol. The fourth-order valence-electron chi connectivity index (χ4n) is 2.33. The Bertz CT molecular complexity index is 679. The first kappa shape index (κ1) is 15.7. The summed E-state index contributed by atoms with van der Waals surface area (Å²) in [6, 6.07) is 4.37. The van der Waals surface area contributed by atoms with Crippen LogP contribution >= 0.6 is 0 Å². The van der Waals surface area contributed by atoms with Crippen molar-refractivity contribution in [2.45, 2.75) is 13.3 Å². The summed E-state index contributed by atoms with van der Waals surface area (Å²) in [5.74, 6) is -0.633. The van der Waals surface area contributed by atoms with Gasteiger partial charge in [-0.3, -0.25) is 19.7 Å². The number of nitrogens with zero attached hydrogens (tertiary/aromatic N) is 3. The molecular formula is C15H17N3O4. The summed E-state index contributed by atoms with van der Waals surface area (Å²) in [6.45, 7) is 2.00. The van der Waals surface area contributed by atoms with E-state index in [-0.39, 0.29) is 30.0 Å². The average Bonchev–Trinajstić information content (AvgIpc) is 2.44. The van der Waals surface area contributed by atoms with E-state index in [2.05, 4.69) is 0 Å². The molecule has 7 nitrogen and oxygen atoms in total. The van der Waals surface area contributed by atoms with Gasteiger partial charge in [-0.05, 0) is 12.5 Å². The number of aryl methyl sites for hydroxylation is 1. The van der Waals surface area contributed by atoms with Gasteiger partial charge in [-0.25, -0.2) is 0 Å². The van der Waals surface area contributed by atoms with Crippen molar-refractivity contribution in [1.29, 1.82) is 0 Å².